The average molecular weight is 474 g/mol. The monoisotopic (exact) mass is 473 g/mol. The second-order valence-electron chi connectivity index (χ2n) is 8.32. The van der Waals surface area contributed by atoms with Crippen molar-refractivity contribution in [3.63, 3.8) is 0 Å². The molecule has 0 aliphatic heterocycles. The summed E-state index contributed by atoms with van der Waals surface area (Å²) in [5.41, 5.74) is 5.51. The number of hydrogen-bond donors (Lipinski definition) is 1. The lowest BCUT2D eigenvalue weighted by atomic mass is 9.92. The molecular formula is C27H27N3O3S. The largest absolute Gasteiger partial charge is 0.352 e. The van der Waals surface area contributed by atoms with Gasteiger partial charge in [-0.1, -0.05) is 60.7 Å². The van der Waals surface area contributed by atoms with E-state index in [1.54, 1.807) is 24.3 Å². The van der Waals surface area contributed by atoms with E-state index >= 15 is 0 Å². The molecule has 0 bridgehead atoms. The topological polar surface area (TPSA) is 79.4 Å². The fourth-order valence-corrected chi connectivity index (χ4v) is 4.84. The van der Waals surface area contributed by atoms with Crippen molar-refractivity contribution >= 4 is 26.8 Å². The highest BCUT2D eigenvalue weighted by Crippen LogP contribution is 2.33. The van der Waals surface area contributed by atoms with Gasteiger partial charge in [0.1, 0.15) is 0 Å². The molecule has 0 fully saturated rings. The first kappa shape index (κ1) is 23.6. The zero-order valence-corrected chi connectivity index (χ0v) is 20.3. The Bertz CT molecular complexity index is 1430. The molecule has 0 saturated heterocycles. The zero-order valence-electron chi connectivity index (χ0n) is 19.4. The molecule has 0 atom stereocenters. The van der Waals surface area contributed by atoms with Crippen LogP contribution in [0.2, 0.25) is 0 Å². The van der Waals surface area contributed by atoms with Crippen molar-refractivity contribution < 1.29 is 13.2 Å². The SMILES string of the molecule is Cc1nc2ccccc2c(-c2ccccc2)c1CC(=O)NCc1ccc(S(=O)(=O)N(C)C)cc1. The summed E-state index contributed by atoms with van der Waals surface area (Å²) in [7, 11) is -0.487. The number of para-hydroxylation sites is 1. The van der Waals surface area contributed by atoms with Crippen LogP contribution in [0.4, 0.5) is 0 Å². The number of hydrogen-bond acceptors (Lipinski definition) is 4. The van der Waals surface area contributed by atoms with Gasteiger partial charge in [0.15, 0.2) is 0 Å². The molecule has 34 heavy (non-hydrogen) atoms. The number of aromatic nitrogens is 1. The molecule has 0 aliphatic carbocycles. The van der Waals surface area contributed by atoms with E-state index in [1.807, 2.05) is 61.5 Å². The normalized spacial score (nSPS) is 11.6. The first-order chi connectivity index (χ1) is 16.3. The van der Waals surface area contributed by atoms with Crippen molar-refractivity contribution in [1.29, 1.82) is 0 Å². The van der Waals surface area contributed by atoms with Crippen molar-refractivity contribution in [3.8, 4) is 11.1 Å². The summed E-state index contributed by atoms with van der Waals surface area (Å²) in [6.07, 6.45) is 0.195. The number of benzene rings is 3. The second-order valence-corrected chi connectivity index (χ2v) is 10.5. The number of rotatable bonds is 7. The molecule has 1 amide bonds. The minimum Gasteiger partial charge on any atom is -0.352 e. The van der Waals surface area contributed by atoms with E-state index in [2.05, 4.69) is 5.32 Å². The molecular weight excluding hydrogens is 446 g/mol. The van der Waals surface area contributed by atoms with E-state index in [9.17, 15) is 13.2 Å². The van der Waals surface area contributed by atoms with E-state index in [-0.39, 0.29) is 17.2 Å². The molecule has 1 N–H and O–H groups in total. The lowest BCUT2D eigenvalue weighted by molar-refractivity contribution is -0.120. The number of amides is 1. The maximum Gasteiger partial charge on any atom is 0.242 e. The predicted molar refractivity (Wildman–Crippen MR) is 135 cm³/mol. The van der Waals surface area contributed by atoms with E-state index in [0.29, 0.717) is 6.54 Å². The van der Waals surface area contributed by atoms with E-state index in [4.69, 9.17) is 4.98 Å². The van der Waals surface area contributed by atoms with Gasteiger partial charge < -0.3 is 5.32 Å². The van der Waals surface area contributed by atoms with Gasteiger partial charge >= 0.3 is 0 Å². The maximum atomic E-state index is 12.9. The molecule has 3 aromatic carbocycles. The Labute approximate surface area is 200 Å². The molecule has 7 heteroatoms. The van der Waals surface area contributed by atoms with E-state index < -0.39 is 10.0 Å². The zero-order chi connectivity index (χ0) is 24.3. The van der Waals surface area contributed by atoms with Gasteiger partial charge in [0, 0.05) is 31.7 Å². The molecule has 1 aromatic heterocycles. The summed E-state index contributed by atoms with van der Waals surface area (Å²) in [6.45, 7) is 2.24. The summed E-state index contributed by atoms with van der Waals surface area (Å²) in [5, 5.41) is 3.97. The number of sulfonamides is 1. The Morgan fingerprint density at radius 2 is 1.56 bits per heavy atom. The van der Waals surface area contributed by atoms with Gasteiger partial charge in [-0.15, -0.1) is 0 Å². The lowest BCUT2D eigenvalue weighted by Crippen LogP contribution is -2.25. The van der Waals surface area contributed by atoms with Crippen LogP contribution in [-0.4, -0.2) is 37.7 Å². The third kappa shape index (κ3) is 4.85. The van der Waals surface area contributed by atoms with Gasteiger partial charge in [-0.25, -0.2) is 12.7 Å². The number of nitrogens with one attached hydrogen (secondary N) is 1. The molecule has 0 saturated carbocycles. The van der Waals surface area contributed by atoms with Gasteiger partial charge in [0.2, 0.25) is 15.9 Å². The number of fused-ring (bicyclic) bond motifs is 1. The van der Waals surface area contributed by atoms with Gasteiger partial charge in [-0.3, -0.25) is 9.78 Å². The van der Waals surface area contributed by atoms with Gasteiger partial charge in [0.05, 0.1) is 16.8 Å². The molecule has 4 rings (SSSR count). The van der Waals surface area contributed by atoms with Crippen LogP contribution in [0.5, 0.6) is 0 Å². The third-order valence-corrected chi connectivity index (χ3v) is 7.62. The number of aryl methyl sites for hydroxylation is 1. The predicted octanol–water partition coefficient (Wildman–Crippen LogP) is 4.32. The molecule has 6 nitrogen and oxygen atoms in total. The van der Waals surface area contributed by atoms with Crippen molar-refractivity contribution in [1.82, 2.24) is 14.6 Å². The third-order valence-electron chi connectivity index (χ3n) is 5.79. The van der Waals surface area contributed by atoms with Crippen molar-refractivity contribution in [2.75, 3.05) is 14.1 Å². The summed E-state index contributed by atoms with van der Waals surface area (Å²) in [6, 6.07) is 24.6. The van der Waals surface area contributed by atoms with E-state index in [1.165, 1.54) is 18.4 Å². The number of carbonyl (C=O) groups excluding carboxylic acids is 1. The van der Waals surface area contributed by atoms with Crippen LogP contribution in [0.15, 0.2) is 83.8 Å². The van der Waals surface area contributed by atoms with Gasteiger partial charge in [-0.2, -0.15) is 0 Å². The van der Waals surface area contributed by atoms with Crippen molar-refractivity contribution in [3.05, 3.63) is 95.7 Å². The second kappa shape index (κ2) is 9.75. The highest BCUT2D eigenvalue weighted by molar-refractivity contribution is 7.89. The summed E-state index contributed by atoms with van der Waals surface area (Å²) >= 11 is 0. The fraction of sp³-hybridized carbons (Fsp3) is 0.185. The van der Waals surface area contributed by atoms with Gasteiger partial charge in [0.25, 0.3) is 0 Å². The number of pyridine rings is 1. The smallest absolute Gasteiger partial charge is 0.242 e. The highest BCUT2D eigenvalue weighted by atomic mass is 32.2. The minimum absolute atomic E-state index is 0.123. The first-order valence-electron chi connectivity index (χ1n) is 11.0. The van der Waals surface area contributed by atoms with Crippen LogP contribution in [0.3, 0.4) is 0 Å². The average Bonchev–Trinajstić information content (AvgIpc) is 2.84. The molecule has 0 aliphatic rings. The quantitative estimate of drug-likeness (QED) is 0.434. The maximum absolute atomic E-state index is 12.9. The molecule has 0 radical (unpaired) electrons. The fourth-order valence-electron chi connectivity index (χ4n) is 3.94. The molecule has 174 valence electrons. The Balaban J connectivity index is 1.56. The van der Waals surface area contributed by atoms with Crippen molar-refractivity contribution in [2.24, 2.45) is 0 Å². The molecule has 0 unspecified atom stereocenters. The molecule has 1 heterocycles. The summed E-state index contributed by atoms with van der Waals surface area (Å²) in [4.78, 5) is 17.9. The molecule has 0 spiro atoms. The minimum atomic E-state index is -3.48. The van der Waals surface area contributed by atoms with E-state index in [0.717, 1.165) is 38.9 Å². The Morgan fingerprint density at radius 1 is 0.912 bits per heavy atom. The van der Waals surface area contributed by atoms with Crippen LogP contribution in [0.25, 0.3) is 22.0 Å². The Hall–Kier alpha value is -3.55. The Morgan fingerprint density at radius 3 is 2.24 bits per heavy atom. The summed E-state index contributed by atoms with van der Waals surface area (Å²) < 4.78 is 25.6. The van der Waals surface area contributed by atoms with Crippen molar-refractivity contribution in [2.45, 2.75) is 24.8 Å². The Kier molecular flexibility index (Phi) is 6.77. The number of nitrogens with zero attached hydrogens (tertiary/aromatic N) is 2. The first-order valence-corrected chi connectivity index (χ1v) is 12.4. The highest BCUT2D eigenvalue weighted by Gasteiger charge is 2.18. The van der Waals surface area contributed by atoms with Crippen LogP contribution in [0.1, 0.15) is 16.8 Å². The molecule has 4 aromatic rings. The van der Waals surface area contributed by atoms with Crippen LogP contribution in [-0.2, 0) is 27.8 Å². The van der Waals surface area contributed by atoms with Crippen LogP contribution < -0.4 is 5.32 Å². The summed E-state index contributed by atoms with van der Waals surface area (Å²) in [5.74, 6) is -0.123. The number of carbonyl (C=O) groups is 1. The van der Waals surface area contributed by atoms with Gasteiger partial charge in [-0.05, 0) is 47.4 Å². The van der Waals surface area contributed by atoms with Crippen LogP contribution in [0, 0.1) is 6.92 Å². The lowest BCUT2D eigenvalue weighted by Gasteiger charge is -2.16. The van der Waals surface area contributed by atoms with Crippen LogP contribution >= 0.6 is 0 Å². The standard InChI is InChI=1S/C27H27N3O3S/c1-19-24(27(21-9-5-4-6-10-21)23-11-7-8-12-25(23)29-19)17-26(31)28-18-20-13-15-22(16-14-20)34(32,33)30(2)3/h4-16H,17-18H2,1-3H3,(H,28,31).